The lowest BCUT2D eigenvalue weighted by Crippen LogP contribution is -2.14. The predicted octanol–water partition coefficient (Wildman–Crippen LogP) is 7.77. The number of hydrogen-bond acceptors (Lipinski definition) is 3. The molecule has 1 aliphatic carbocycles. The number of aliphatic hydroxyl groups is 1. The van der Waals surface area contributed by atoms with Gasteiger partial charge in [-0.25, -0.2) is 0 Å². The highest BCUT2D eigenvalue weighted by atomic mass is 19.4. The molecule has 3 nitrogen and oxygen atoms in total. The maximum atomic E-state index is 12.3. The molecule has 0 saturated heterocycles. The van der Waals surface area contributed by atoms with Gasteiger partial charge in [-0.3, -0.25) is 0 Å². The molecule has 0 radical (unpaired) electrons. The number of alkyl halides is 3. The van der Waals surface area contributed by atoms with Crippen LogP contribution in [0.25, 0.3) is 11.1 Å². The molecular formula is C28H35F3O3. The highest BCUT2D eigenvalue weighted by molar-refractivity contribution is 5.67. The molecule has 0 spiro atoms. The molecule has 2 aromatic rings. The van der Waals surface area contributed by atoms with Gasteiger partial charge in [0.1, 0.15) is 0 Å². The Bertz CT molecular complexity index is 913. The zero-order valence-corrected chi connectivity index (χ0v) is 19.6. The number of ether oxygens (including phenoxy) is 1. The fraction of sp³-hybridized carbons (Fsp3) is 0.500. The van der Waals surface area contributed by atoms with Crippen molar-refractivity contribution in [3.63, 3.8) is 0 Å². The summed E-state index contributed by atoms with van der Waals surface area (Å²) in [5.74, 6) is 1.53. The van der Waals surface area contributed by atoms with Gasteiger partial charge in [-0.15, -0.1) is 0 Å². The van der Waals surface area contributed by atoms with Crippen LogP contribution in [0.4, 0.5) is 13.2 Å². The fourth-order valence-corrected chi connectivity index (χ4v) is 4.68. The van der Waals surface area contributed by atoms with E-state index in [0.717, 1.165) is 43.2 Å². The van der Waals surface area contributed by atoms with Crippen LogP contribution in [0.3, 0.4) is 0 Å². The molecule has 0 heterocycles. The Morgan fingerprint density at radius 1 is 0.971 bits per heavy atom. The van der Waals surface area contributed by atoms with Crippen molar-refractivity contribution in [2.24, 2.45) is 5.92 Å². The van der Waals surface area contributed by atoms with Crippen LogP contribution in [0.1, 0.15) is 69.3 Å². The molecule has 1 saturated carbocycles. The molecule has 186 valence electrons. The van der Waals surface area contributed by atoms with E-state index in [1.807, 2.05) is 12.1 Å². The SMILES string of the molecule is C=C(CO)CCOc1cc(-c2ccc(C3CCC(CCCCC(F)(F)F)CC3)cc2)ccc1O. The molecule has 6 heteroatoms. The second-order valence-electron chi connectivity index (χ2n) is 9.39. The van der Waals surface area contributed by atoms with E-state index < -0.39 is 12.6 Å². The Balaban J connectivity index is 1.51. The number of aliphatic hydroxyl groups excluding tert-OH is 1. The lowest BCUT2D eigenvalue weighted by Gasteiger charge is -2.29. The van der Waals surface area contributed by atoms with Crippen LogP contribution in [0.2, 0.25) is 0 Å². The van der Waals surface area contributed by atoms with E-state index in [-0.39, 0.29) is 18.8 Å². The second-order valence-corrected chi connectivity index (χ2v) is 9.39. The Morgan fingerprint density at radius 3 is 2.29 bits per heavy atom. The molecule has 0 aliphatic heterocycles. The number of unbranched alkanes of at least 4 members (excludes halogenated alkanes) is 1. The molecular weight excluding hydrogens is 441 g/mol. The summed E-state index contributed by atoms with van der Waals surface area (Å²) in [6, 6.07) is 13.8. The number of halogens is 3. The van der Waals surface area contributed by atoms with Crippen LogP contribution in [0.15, 0.2) is 54.6 Å². The fourth-order valence-electron chi connectivity index (χ4n) is 4.68. The van der Waals surface area contributed by atoms with Gasteiger partial charge in [0.05, 0.1) is 13.2 Å². The number of rotatable bonds is 11. The Kier molecular flexibility index (Phi) is 9.45. The molecule has 1 aliphatic rings. The molecule has 0 amide bonds. The minimum absolute atomic E-state index is 0.0742. The van der Waals surface area contributed by atoms with Crippen molar-refractivity contribution in [1.82, 2.24) is 0 Å². The standard InChI is InChI=1S/C28H35F3O3/c1-20(19-32)15-17-34-27-18-25(13-14-26(27)33)24-11-9-23(10-12-24)22-7-5-21(6-8-22)4-2-3-16-28(29,30)31/h9-14,18,21-22,32-33H,1-8,15-17,19H2. The van der Waals surface area contributed by atoms with Crippen molar-refractivity contribution in [1.29, 1.82) is 0 Å². The minimum atomic E-state index is -4.03. The van der Waals surface area contributed by atoms with E-state index in [4.69, 9.17) is 9.84 Å². The quantitative estimate of drug-likeness (QED) is 0.257. The third kappa shape index (κ3) is 8.08. The van der Waals surface area contributed by atoms with E-state index in [1.54, 1.807) is 6.07 Å². The third-order valence-electron chi connectivity index (χ3n) is 6.78. The van der Waals surface area contributed by atoms with Gasteiger partial charge in [-0.2, -0.15) is 13.2 Å². The van der Waals surface area contributed by atoms with Gasteiger partial charge in [-0.1, -0.05) is 49.8 Å². The maximum absolute atomic E-state index is 12.3. The van der Waals surface area contributed by atoms with Crippen molar-refractivity contribution in [3.05, 3.63) is 60.2 Å². The van der Waals surface area contributed by atoms with Gasteiger partial charge < -0.3 is 14.9 Å². The van der Waals surface area contributed by atoms with E-state index in [0.29, 0.717) is 42.6 Å². The van der Waals surface area contributed by atoms with Crippen molar-refractivity contribution in [2.75, 3.05) is 13.2 Å². The highest BCUT2D eigenvalue weighted by Crippen LogP contribution is 2.39. The molecule has 0 unspecified atom stereocenters. The minimum Gasteiger partial charge on any atom is -0.504 e. The largest absolute Gasteiger partial charge is 0.504 e. The lowest BCUT2D eigenvalue weighted by molar-refractivity contribution is -0.135. The first-order chi connectivity index (χ1) is 16.2. The third-order valence-corrected chi connectivity index (χ3v) is 6.78. The van der Waals surface area contributed by atoms with Crippen LogP contribution in [-0.2, 0) is 0 Å². The van der Waals surface area contributed by atoms with Crippen molar-refractivity contribution in [2.45, 2.75) is 69.9 Å². The molecule has 3 rings (SSSR count). The summed E-state index contributed by atoms with van der Waals surface area (Å²) in [5, 5.41) is 19.1. The van der Waals surface area contributed by atoms with Crippen molar-refractivity contribution >= 4 is 0 Å². The van der Waals surface area contributed by atoms with Crippen molar-refractivity contribution in [3.8, 4) is 22.6 Å². The highest BCUT2D eigenvalue weighted by Gasteiger charge is 2.27. The number of phenolic OH excluding ortho intramolecular Hbond substituents is 1. The van der Waals surface area contributed by atoms with Crippen LogP contribution < -0.4 is 4.74 Å². The van der Waals surface area contributed by atoms with Gasteiger partial charge in [0, 0.05) is 12.8 Å². The van der Waals surface area contributed by atoms with Gasteiger partial charge in [0.25, 0.3) is 0 Å². The summed E-state index contributed by atoms with van der Waals surface area (Å²) >= 11 is 0. The smallest absolute Gasteiger partial charge is 0.389 e. The first-order valence-corrected chi connectivity index (χ1v) is 12.2. The van der Waals surface area contributed by atoms with Gasteiger partial charge in [0.15, 0.2) is 11.5 Å². The first-order valence-electron chi connectivity index (χ1n) is 12.2. The van der Waals surface area contributed by atoms with Crippen LogP contribution in [0, 0.1) is 5.92 Å². The zero-order chi connectivity index (χ0) is 24.6. The van der Waals surface area contributed by atoms with Gasteiger partial charge in [0.2, 0.25) is 0 Å². The average molecular weight is 477 g/mol. The summed E-state index contributed by atoms with van der Waals surface area (Å²) in [5.41, 5.74) is 3.97. The molecule has 0 atom stereocenters. The van der Waals surface area contributed by atoms with E-state index in [1.165, 1.54) is 5.56 Å². The molecule has 2 N–H and O–H groups in total. The molecule has 34 heavy (non-hydrogen) atoms. The molecule has 0 bridgehead atoms. The van der Waals surface area contributed by atoms with Crippen molar-refractivity contribution < 1.29 is 28.1 Å². The maximum Gasteiger partial charge on any atom is 0.389 e. The Morgan fingerprint density at radius 2 is 1.65 bits per heavy atom. The lowest BCUT2D eigenvalue weighted by atomic mass is 9.77. The van der Waals surface area contributed by atoms with Gasteiger partial charge >= 0.3 is 6.18 Å². The van der Waals surface area contributed by atoms with E-state index in [9.17, 15) is 18.3 Å². The first kappa shape index (κ1) is 26.1. The average Bonchev–Trinajstić information content (AvgIpc) is 2.83. The van der Waals surface area contributed by atoms with Crippen LogP contribution >= 0.6 is 0 Å². The summed E-state index contributed by atoms with van der Waals surface area (Å²) in [7, 11) is 0. The number of phenols is 1. The summed E-state index contributed by atoms with van der Waals surface area (Å²) in [6.45, 7) is 3.99. The summed E-state index contributed by atoms with van der Waals surface area (Å²) < 4.78 is 42.6. The summed E-state index contributed by atoms with van der Waals surface area (Å²) in [4.78, 5) is 0. The number of aromatic hydroxyl groups is 1. The van der Waals surface area contributed by atoms with Crippen LogP contribution in [0.5, 0.6) is 11.5 Å². The number of benzene rings is 2. The van der Waals surface area contributed by atoms with Gasteiger partial charge in [-0.05, 0) is 78.3 Å². The second kappa shape index (κ2) is 12.3. The zero-order valence-electron chi connectivity index (χ0n) is 19.6. The Hall–Kier alpha value is -2.47. The molecule has 2 aromatic carbocycles. The molecule has 0 aromatic heterocycles. The van der Waals surface area contributed by atoms with E-state index in [2.05, 4.69) is 30.8 Å². The predicted molar refractivity (Wildman–Crippen MR) is 129 cm³/mol. The normalized spacial score (nSPS) is 18.6. The topological polar surface area (TPSA) is 49.7 Å². The number of hydrogen-bond donors (Lipinski definition) is 2. The monoisotopic (exact) mass is 476 g/mol. The van der Waals surface area contributed by atoms with E-state index >= 15 is 0 Å². The summed E-state index contributed by atoms with van der Waals surface area (Å²) in [6.07, 6.45) is 1.97. The van der Waals surface area contributed by atoms with Crippen LogP contribution in [-0.4, -0.2) is 29.6 Å². The Labute approximate surface area is 200 Å². The molecule has 1 fully saturated rings.